The number of Topliss-reactive ketones (excluding diaryl/α,β-unsaturated/α-hetero) is 1. The fraction of sp³-hybridized carbons (Fsp3) is 0.269. The Bertz CT molecular complexity index is 1610. The molecule has 1 aliphatic rings. The second kappa shape index (κ2) is 9.54. The summed E-state index contributed by atoms with van der Waals surface area (Å²) in [5.41, 5.74) is -5.18. The maximum atomic E-state index is 14.9. The van der Waals surface area contributed by atoms with Gasteiger partial charge in [-0.15, -0.1) is 0 Å². The summed E-state index contributed by atoms with van der Waals surface area (Å²) in [5, 5.41) is 0. The molecule has 0 amide bonds. The van der Waals surface area contributed by atoms with Crippen molar-refractivity contribution in [2.24, 2.45) is 0 Å². The Labute approximate surface area is 211 Å². The average molecular weight is 497 g/mol. The maximum absolute atomic E-state index is 14.9. The Hall–Kier alpha value is -3.26. The third-order valence-electron chi connectivity index (χ3n) is 4.85. The van der Waals surface area contributed by atoms with Crippen LogP contribution < -0.4 is 9.46 Å². The van der Waals surface area contributed by atoms with Gasteiger partial charge in [0.15, 0.2) is 5.78 Å². The monoisotopic (exact) mass is 496 g/mol. The molecular formula is C26H27F2NO4S. The maximum Gasteiger partial charge on any atom is 0.229 e. The first kappa shape index (κ1) is 15.6. The number of nitrogens with one attached hydrogen (secondary N) is 1. The molecule has 0 saturated heterocycles. The van der Waals surface area contributed by atoms with Gasteiger partial charge in [-0.25, -0.2) is 17.2 Å². The van der Waals surface area contributed by atoms with Crippen molar-refractivity contribution in [3.05, 3.63) is 76.4 Å². The molecule has 2 aromatic rings. The summed E-state index contributed by atoms with van der Waals surface area (Å²) in [7, 11) is -2.66. The summed E-state index contributed by atoms with van der Waals surface area (Å²) in [6.45, 7) is -11.1. The van der Waals surface area contributed by atoms with Crippen LogP contribution in [-0.4, -0.2) is 27.6 Å². The fourth-order valence-corrected chi connectivity index (χ4v) is 3.93. The van der Waals surface area contributed by atoms with Crippen LogP contribution in [0.5, 0.6) is 5.75 Å². The fourth-order valence-electron chi connectivity index (χ4n) is 3.38. The number of ether oxygens (including phenoxy) is 1. The number of hydrogen-bond acceptors (Lipinski definition) is 4. The molecule has 0 heterocycles. The van der Waals surface area contributed by atoms with Gasteiger partial charge in [0.05, 0.1) is 19.1 Å². The van der Waals surface area contributed by atoms with Gasteiger partial charge < -0.3 is 4.74 Å². The molecule has 0 spiro atoms. The molecule has 34 heavy (non-hydrogen) atoms. The van der Waals surface area contributed by atoms with Crippen molar-refractivity contribution >= 4 is 39.2 Å². The van der Waals surface area contributed by atoms with E-state index in [4.69, 9.17) is 17.1 Å². The van der Waals surface area contributed by atoms with Gasteiger partial charge in [0, 0.05) is 41.0 Å². The Morgan fingerprint density at radius 2 is 1.82 bits per heavy atom. The van der Waals surface area contributed by atoms with Crippen molar-refractivity contribution in [1.29, 1.82) is 0 Å². The quantitative estimate of drug-likeness (QED) is 0.507. The lowest BCUT2D eigenvalue weighted by Gasteiger charge is -2.25. The molecule has 0 bridgehead atoms. The van der Waals surface area contributed by atoms with E-state index in [9.17, 15) is 22.0 Å². The minimum absolute atomic E-state index is 0.0744. The van der Waals surface area contributed by atoms with E-state index in [0.717, 1.165) is 49.8 Å². The van der Waals surface area contributed by atoms with Crippen molar-refractivity contribution in [1.82, 2.24) is 0 Å². The summed E-state index contributed by atoms with van der Waals surface area (Å²) in [5.74, 6) is -2.81. The highest BCUT2D eigenvalue weighted by Crippen LogP contribution is 2.39. The van der Waals surface area contributed by atoms with E-state index in [1.54, 1.807) is 0 Å². The second-order valence-corrected chi connectivity index (χ2v) is 9.36. The number of carbonyl (C=O) groups excluding carboxylic acids is 1. The number of ketones is 1. The van der Waals surface area contributed by atoms with Gasteiger partial charge >= 0.3 is 0 Å². The highest BCUT2D eigenvalue weighted by molar-refractivity contribution is 7.92. The van der Waals surface area contributed by atoms with Gasteiger partial charge in [0.2, 0.25) is 10.0 Å². The van der Waals surface area contributed by atoms with Gasteiger partial charge in [-0.3, -0.25) is 9.52 Å². The lowest BCUT2D eigenvalue weighted by Crippen LogP contribution is -2.15. The molecule has 0 saturated carbocycles. The van der Waals surface area contributed by atoms with E-state index in [0.29, 0.717) is 0 Å². The molecule has 0 aliphatic heterocycles. The zero-order chi connectivity index (χ0) is 32.8. The Balaban J connectivity index is 2.42. The summed E-state index contributed by atoms with van der Waals surface area (Å²) < 4.78 is 133. The van der Waals surface area contributed by atoms with Crippen molar-refractivity contribution in [2.45, 2.75) is 32.4 Å². The number of anilines is 1. The molecule has 180 valence electrons. The van der Waals surface area contributed by atoms with Crippen LogP contribution in [0.1, 0.15) is 61.6 Å². The molecule has 0 atom stereocenters. The summed E-state index contributed by atoms with van der Waals surface area (Å²) in [6, 6.07) is 5.47. The summed E-state index contributed by atoms with van der Waals surface area (Å²) in [6.07, 6.45) is 4.68. The number of hydrogen-bond donors (Lipinski definition) is 1. The zero-order valence-corrected chi connectivity index (χ0v) is 19.0. The SMILES string of the molecule is [2H]C([2H])([2H])C(c1cc(C2=CC(F)=CCC2=O)cc(/C=C/c2ccc(NS(C)(=O)=O)cc2F)c1OC)(C([2H])([2H])[2H])C([2H])([2H])[2H]. The topological polar surface area (TPSA) is 72.5 Å². The number of carbonyl (C=O) groups is 1. The van der Waals surface area contributed by atoms with Gasteiger partial charge in [-0.2, -0.15) is 0 Å². The lowest BCUT2D eigenvalue weighted by atomic mass is 9.82. The third-order valence-corrected chi connectivity index (χ3v) is 5.45. The Morgan fingerprint density at radius 1 is 1.12 bits per heavy atom. The largest absolute Gasteiger partial charge is 0.496 e. The zero-order valence-electron chi connectivity index (χ0n) is 27.2. The molecule has 5 nitrogen and oxygen atoms in total. The Kier molecular flexibility index (Phi) is 4.38. The highest BCUT2D eigenvalue weighted by atomic mass is 32.2. The van der Waals surface area contributed by atoms with Crippen LogP contribution in [0.15, 0.2) is 48.3 Å². The minimum Gasteiger partial charge on any atom is -0.496 e. The molecule has 1 N–H and O–H groups in total. The lowest BCUT2D eigenvalue weighted by molar-refractivity contribution is -0.113. The van der Waals surface area contributed by atoms with Crippen LogP contribution in [0.25, 0.3) is 17.7 Å². The van der Waals surface area contributed by atoms with Crippen LogP contribution >= 0.6 is 0 Å². The molecule has 2 aromatic carbocycles. The predicted molar refractivity (Wildman–Crippen MR) is 132 cm³/mol. The van der Waals surface area contributed by atoms with E-state index in [1.807, 2.05) is 0 Å². The standard InChI is InChI=1S/C26H27F2NO4S/c1-26(2,3)22-13-18(21-14-19(27)9-11-24(21)30)12-17(25(22)33-4)7-6-16-8-10-20(15-23(16)28)29-34(5,31)32/h6-10,12-15,29H,11H2,1-5H3/b7-6+/i1D3,2D3,3D3. The average Bonchev–Trinajstić information content (AvgIpc) is 2.81. The first-order valence-corrected chi connectivity index (χ1v) is 11.7. The van der Waals surface area contributed by atoms with Gasteiger partial charge in [0.1, 0.15) is 17.4 Å². The number of sulfonamides is 1. The van der Waals surface area contributed by atoms with Crippen LogP contribution in [0.2, 0.25) is 0 Å². The summed E-state index contributed by atoms with van der Waals surface area (Å²) >= 11 is 0. The highest BCUT2D eigenvalue weighted by Gasteiger charge is 2.25. The van der Waals surface area contributed by atoms with Crippen LogP contribution in [0.4, 0.5) is 14.5 Å². The normalized spacial score (nSPS) is 19.8. The van der Waals surface area contributed by atoms with E-state index in [2.05, 4.69) is 4.72 Å². The molecule has 8 heteroatoms. The van der Waals surface area contributed by atoms with Crippen LogP contribution in [0, 0.1) is 5.82 Å². The molecule has 0 radical (unpaired) electrons. The Morgan fingerprint density at radius 3 is 2.44 bits per heavy atom. The number of benzene rings is 2. The van der Waals surface area contributed by atoms with E-state index in [-0.39, 0.29) is 34.4 Å². The first-order chi connectivity index (χ1) is 19.5. The third kappa shape index (κ3) is 5.99. The van der Waals surface area contributed by atoms with E-state index < -0.39 is 64.7 Å². The van der Waals surface area contributed by atoms with Crippen LogP contribution in [-0.2, 0) is 20.2 Å². The van der Waals surface area contributed by atoms with Crippen molar-refractivity contribution in [3.63, 3.8) is 0 Å². The molecule has 3 rings (SSSR count). The van der Waals surface area contributed by atoms with E-state index >= 15 is 0 Å². The molecular weight excluding hydrogens is 460 g/mol. The molecule has 0 aromatic heterocycles. The van der Waals surface area contributed by atoms with Crippen molar-refractivity contribution < 1.29 is 39.1 Å². The first-order valence-electron chi connectivity index (χ1n) is 14.3. The van der Waals surface area contributed by atoms with Crippen molar-refractivity contribution in [3.8, 4) is 5.75 Å². The van der Waals surface area contributed by atoms with Gasteiger partial charge in [-0.1, -0.05) is 32.7 Å². The van der Waals surface area contributed by atoms with E-state index in [1.165, 1.54) is 18.2 Å². The number of halogens is 2. The predicted octanol–water partition coefficient (Wildman–Crippen LogP) is 5.88. The molecule has 0 fully saturated rings. The van der Waals surface area contributed by atoms with Gasteiger partial charge in [-0.05, 0) is 53.5 Å². The summed E-state index contributed by atoms with van der Waals surface area (Å²) in [4.78, 5) is 12.8. The number of allylic oxidation sites excluding steroid dienone is 4. The van der Waals surface area contributed by atoms with Crippen LogP contribution in [0.3, 0.4) is 0 Å². The smallest absolute Gasteiger partial charge is 0.229 e. The minimum atomic E-state index is -3.70. The molecule has 1 aliphatic carbocycles. The second-order valence-electron chi connectivity index (χ2n) is 7.61. The van der Waals surface area contributed by atoms with Gasteiger partial charge in [0.25, 0.3) is 0 Å². The van der Waals surface area contributed by atoms with Crippen molar-refractivity contribution in [2.75, 3.05) is 18.1 Å². The number of rotatable bonds is 6. The number of methoxy groups -OCH3 is 1. The molecule has 0 unspecified atom stereocenters.